The van der Waals surface area contributed by atoms with E-state index < -0.39 is 64.8 Å². The number of anilines is 2. The van der Waals surface area contributed by atoms with Gasteiger partial charge in [-0.2, -0.15) is 4.98 Å². The van der Waals surface area contributed by atoms with Crippen LogP contribution in [0, 0.1) is 30.2 Å². The molecule has 0 saturated carbocycles. The van der Waals surface area contributed by atoms with Crippen LogP contribution in [0.15, 0.2) is 50.9 Å². The second-order valence-electron chi connectivity index (χ2n) is 8.82. The maximum absolute atomic E-state index is 14.6. The molecule has 0 spiro atoms. The highest BCUT2D eigenvalue weighted by Crippen LogP contribution is 2.30. The molecular formula is C25H18ClF4N7O3. The third kappa shape index (κ3) is 4.66. The number of pyridine rings is 1. The van der Waals surface area contributed by atoms with Gasteiger partial charge in [-0.15, -0.1) is 0 Å². The van der Waals surface area contributed by atoms with E-state index >= 15 is 0 Å². The third-order valence-electron chi connectivity index (χ3n) is 6.32. The molecule has 40 heavy (non-hydrogen) atoms. The fourth-order valence-electron chi connectivity index (χ4n) is 4.11. The molecule has 0 aliphatic carbocycles. The summed E-state index contributed by atoms with van der Waals surface area (Å²) < 4.78 is 59.2. The fraction of sp³-hybridized carbons (Fsp3) is 0.160. The van der Waals surface area contributed by atoms with Gasteiger partial charge in [-0.3, -0.25) is 9.36 Å². The summed E-state index contributed by atoms with van der Waals surface area (Å²) in [6, 6.07) is 6.33. The lowest BCUT2D eigenvalue weighted by Crippen LogP contribution is -2.43. The van der Waals surface area contributed by atoms with Crippen molar-refractivity contribution < 1.29 is 17.6 Å². The Hall–Kier alpha value is -4.72. The number of nitrogens with zero attached hydrogens (tertiary/aromatic N) is 5. The number of benzene rings is 2. The van der Waals surface area contributed by atoms with E-state index in [1.165, 1.54) is 24.4 Å². The fourth-order valence-corrected chi connectivity index (χ4v) is 4.32. The average molecular weight is 576 g/mol. The summed E-state index contributed by atoms with van der Waals surface area (Å²) in [7, 11) is 1.75. The van der Waals surface area contributed by atoms with Crippen LogP contribution in [0.25, 0.3) is 11.0 Å². The first kappa shape index (κ1) is 26.9. The van der Waals surface area contributed by atoms with Crippen molar-refractivity contribution in [2.24, 2.45) is 7.05 Å². The first-order valence-electron chi connectivity index (χ1n) is 11.6. The molecule has 0 radical (unpaired) electrons. The molecule has 0 bridgehead atoms. The van der Waals surface area contributed by atoms with Crippen LogP contribution < -0.4 is 22.3 Å². The standard InChI is InChI=1S/C25H18ClF4N7O3/c1-11-32-17-7-14(26)16(8-18(17)35(11)2)33-23-34-24(39)37(9-12-4-3-5-31-22(12)38)25(40)36(23)10-13-6-15(27)20(29)21(30)19(13)28/h3-8H,9-10H2,1-2H3,(H,31,38)(H,33,34,39). The number of hydrogen-bond acceptors (Lipinski definition) is 6. The number of hydrogen-bond donors (Lipinski definition) is 2. The summed E-state index contributed by atoms with van der Waals surface area (Å²) in [6.07, 6.45) is 1.35. The number of halogens is 5. The quantitative estimate of drug-likeness (QED) is 0.182. The monoisotopic (exact) mass is 575 g/mol. The van der Waals surface area contributed by atoms with E-state index in [1.54, 1.807) is 24.6 Å². The maximum Gasteiger partial charge on any atom is 0.355 e. The highest BCUT2D eigenvalue weighted by atomic mass is 35.5. The zero-order chi connectivity index (χ0) is 28.9. The summed E-state index contributed by atoms with van der Waals surface area (Å²) >= 11 is 6.40. The molecule has 0 saturated heterocycles. The van der Waals surface area contributed by atoms with E-state index in [9.17, 15) is 31.9 Å². The maximum atomic E-state index is 14.6. The van der Waals surface area contributed by atoms with Crippen molar-refractivity contribution in [3.8, 4) is 0 Å². The van der Waals surface area contributed by atoms with E-state index in [0.717, 1.165) is 0 Å². The Morgan fingerprint density at radius 1 is 0.950 bits per heavy atom. The summed E-state index contributed by atoms with van der Waals surface area (Å²) in [4.78, 5) is 49.3. The van der Waals surface area contributed by atoms with Crippen molar-refractivity contribution in [1.82, 2.24) is 28.7 Å². The Bertz CT molecular complexity index is 2000. The normalized spacial score (nSPS) is 11.4. The average Bonchev–Trinajstić information content (AvgIpc) is 3.18. The highest BCUT2D eigenvalue weighted by Gasteiger charge is 2.22. The van der Waals surface area contributed by atoms with Gasteiger partial charge in [0.1, 0.15) is 5.82 Å². The van der Waals surface area contributed by atoms with Crippen LogP contribution >= 0.6 is 11.6 Å². The number of fused-ring (bicyclic) bond motifs is 1. The Morgan fingerprint density at radius 2 is 1.68 bits per heavy atom. The molecule has 5 aromatic rings. The molecule has 5 rings (SSSR count). The van der Waals surface area contributed by atoms with Crippen molar-refractivity contribution >= 4 is 34.3 Å². The molecule has 0 aliphatic heterocycles. The molecular weight excluding hydrogens is 558 g/mol. The number of rotatable bonds is 6. The minimum Gasteiger partial charge on any atom is -0.331 e. The molecule has 0 unspecified atom stereocenters. The number of aryl methyl sites for hydroxylation is 2. The molecule has 3 aromatic heterocycles. The lowest BCUT2D eigenvalue weighted by molar-refractivity contribution is 0.401. The second-order valence-corrected chi connectivity index (χ2v) is 9.23. The van der Waals surface area contributed by atoms with E-state index in [0.29, 0.717) is 32.1 Å². The molecule has 15 heteroatoms. The van der Waals surface area contributed by atoms with Crippen molar-refractivity contribution in [3.63, 3.8) is 0 Å². The third-order valence-corrected chi connectivity index (χ3v) is 6.64. The predicted octanol–water partition coefficient (Wildman–Crippen LogP) is 3.34. The molecule has 3 heterocycles. The molecule has 2 N–H and O–H groups in total. The van der Waals surface area contributed by atoms with Crippen LogP contribution in [0.4, 0.5) is 29.2 Å². The number of aromatic amines is 1. The molecule has 0 fully saturated rings. The van der Waals surface area contributed by atoms with Crippen LogP contribution in [0.5, 0.6) is 0 Å². The molecule has 0 amide bonds. The first-order valence-corrected chi connectivity index (χ1v) is 11.9. The largest absolute Gasteiger partial charge is 0.355 e. The van der Waals surface area contributed by atoms with Gasteiger partial charge in [0.25, 0.3) is 5.56 Å². The molecule has 0 aliphatic rings. The van der Waals surface area contributed by atoms with Crippen molar-refractivity contribution in [3.05, 3.63) is 113 Å². The van der Waals surface area contributed by atoms with E-state index in [1.807, 2.05) is 0 Å². The van der Waals surface area contributed by atoms with Gasteiger partial charge in [0.2, 0.25) is 5.95 Å². The molecule has 2 aromatic carbocycles. The molecule has 10 nitrogen and oxygen atoms in total. The van der Waals surface area contributed by atoms with Crippen LogP contribution in [-0.4, -0.2) is 28.7 Å². The number of nitrogens with one attached hydrogen (secondary N) is 2. The van der Waals surface area contributed by atoms with Gasteiger partial charge < -0.3 is 14.9 Å². The van der Waals surface area contributed by atoms with E-state index in [4.69, 9.17) is 11.6 Å². The van der Waals surface area contributed by atoms with E-state index in [-0.39, 0.29) is 16.3 Å². The van der Waals surface area contributed by atoms with E-state index in [2.05, 4.69) is 20.3 Å². The zero-order valence-electron chi connectivity index (χ0n) is 20.7. The second kappa shape index (κ2) is 10.1. The van der Waals surface area contributed by atoms with Crippen LogP contribution in [0.3, 0.4) is 0 Å². The SMILES string of the molecule is Cc1nc2cc(Cl)c(Nc3nc(=O)n(Cc4ccc[nH]c4=O)c(=O)n3Cc3cc(F)c(F)c(F)c3F)cc2n1C. The lowest BCUT2D eigenvalue weighted by Gasteiger charge is -2.17. The predicted molar refractivity (Wildman–Crippen MR) is 138 cm³/mol. The van der Waals surface area contributed by atoms with Gasteiger partial charge in [0, 0.05) is 24.4 Å². The minimum atomic E-state index is -2.07. The van der Waals surface area contributed by atoms with Crippen molar-refractivity contribution in [2.75, 3.05) is 5.32 Å². The topological polar surface area (TPSA) is 120 Å². The van der Waals surface area contributed by atoms with Crippen LogP contribution in [0.1, 0.15) is 17.0 Å². The van der Waals surface area contributed by atoms with Gasteiger partial charge >= 0.3 is 11.4 Å². The summed E-state index contributed by atoms with van der Waals surface area (Å²) in [5.74, 6) is -7.31. The van der Waals surface area contributed by atoms with Crippen LogP contribution in [-0.2, 0) is 20.1 Å². The smallest absolute Gasteiger partial charge is 0.331 e. The summed E-state index contributed by atoms with van der Waals surface area (Å²) in [5.41, 5.74) is -2.13. The number of H-pyrrole nitrogens is 1. The summed E-state index contributed by atoms with van der Waals surface area (Å²) in [5, 5.41) is 2.87. The number of aromatic nitrogens is 6. The lowest BCUT2D eigenvalue weighted by atomic mass is 10.2. The van der Waals surface area contributed by atoms with Crippen LogP contribution in [0.2, 0.25) is 5.02 Å². The Kier molecular flexibility index (Phi) is 6.79. The Balaban J connectivity index is 1.69. The molecule has 206 valence electrons. The Labute approximate surface area is 226 Å². The molecule has 0 atom stereocenters. The van der Waals surface area contributed by atoms with Crippen molar-refractivity contribution in [2.45, 2.75) is 20.0 Å². The van der Waals surface area contributed by atoms with Gasteiger partial charge in [-0.05, 0) is 31.2 Å². The number of imidazole rings is 1. The Morgan fingerprint density at radius 3 is 2.40 bits per heavy atom. The minimum absolute atomic E-state index is 0.0286. The highest BCUT2D eigenvalue weighted by molar-refractivity contribution is 6.34. The van der Waals surface area contributed by atoms with Gasteiger partial charge in [0.15, 0.2) is 23.3 Å². The van der Waals surface area contributed by atoms with Crippen molar-refractivity contribution in [1.29, 1.82) is 0 Å². The summed E-state index contributed by atoms with van der Waals surface area (Å²) in [6.45, 7) is 0.383. The first-order chi connectivity index (χ1) is 19.0. The van der Waals surface area contributed by atoms with Gasteiger partial charge in [-0.1, -0.05) is 17.7 Å². The van der Waals surface area contributed by atoms with Gasteiger partial charge in [0.05, 0.1) is 34.8 Å². The zero-order valence-corrected chi connectivity index (χ0v) is 21.5. The van der Waals surface area contributed by atoms with Gasteiger partial charge in [-0.25, -0.2) is 36.7 Å².